The number of nitrogens with zero attached hydrogens (tertiary/aromatic N) is 2. The first-order valence-corrected chi connectivity index (χ1v) is 6.77. The Balaban J connectivity index is 2.35. The zero-order chi connectivity index (χ0) is 14.7. The highest BCUT2D eigenvalue weighted by Crippen LogP contribution is 2.22. The van der Waals surface area contributed by atoms with Gasteiger partial charge in [-0.05, 0) is 43.7 Å². The number of aryl methyl sites for hydroxylation is 1. The summed E-state index contributed by atoms with van der Waals surface area (Å²) in [5.74, 6) is 0.198. The topological polar surface area (TPSA) is 45.5 Å². The van der Waals surface area contributed by atoms with Crippen LogP contribution >= 0.6 is 0 Å². The van der Waals surface area contributed by atoms with Crippen LogP contribution in [0.3, 0.4) is 0 Å². The molecule has 0 saturated carbocycles. The van der Waals surface area contributed by atoms with Gasteiger partial charge in [0.2, 0.25) is 0 Å². The lowest BCUT2D eigenvalue weighted by atomic mass is 10.2. The van der Waals surface area contributed by atoms with Crippen LogP contribution in [0.5, 0.6) is 5.75 Å². The Labute approximate surface area is 119 Å². The molecule has 1 aromatic carbocycles. The zero-order valence-corrected chi connectivity index (χ0v) is 12.1. The van der Waals surface area contributed by atoms with Gasteiger partial charge in [-0.25, -0.2) is 0 Å². The van der Waals surface area contributed by atoms with Crippen LogP contribution in [-0.2, 0) is 7.05 Å². The predicted octanol–water partition coefficient (Wildman–Crippen LogP) is 3.10. The molecule has 1 heterocycles. The molecule has 0 atom stereocenters. The largest absolute Gasteiger partial charge is 0.508 e. The summed E-state index contributed by atoms with van der Waals surface area (Å²) < 4.78 is 1.94. The molecule has 4 heteroatoms. The molecule has 0 bridgehead atoms. The third kappa shape index (κ3) is 2.69. The lowest BCUT2D eigenvalue weighted by Crippen LogP contribution is -2.31. The highest BCUT2D eigenvalue weighted by atomic mass is 16.3. The molecule has 106 valence electrons. The van der Waals surface area contributed by atoms with E-state index in [0.29, 0.717) is 12.1 Å². The molecule has 1 N–H and O–H groups in total. The second-order valence-corrected chi connectivity index (χ2v) is 4.90. The van der Waals surface area contributed by atoms with Crippen LogP contribution in [0, 0.1) is 6.92 Å². The van der Waals surface area contributed by atoms with Crippen molar-refractivity contribution in [3.8, 4) is 5.75 Å². The van der Waals surface area contributed by atoms with Gasteiger partial charge in [-0.1, -0.05) is 6.92 Å². The minimum Gasteiger partial charge on any atom is -0.508 e. The molecule has 0 unspecified atom stereocenters. The van der Waals surface area contributed by atoms with E-state index in [9.17, 15) is 9.90 Å². The van der Waals surface area contributed by atoms with E-state index in [4.69, 9.17) is 0 Å². The first-order chi connectivity index (χ1) is 9.54. The number of aromatic hydroxyl groups is 1. The van der Waals surface area contributed by atoms with Crippen molar-refractivity contribution in [2.75, 3.05) is 11.4 Å². The Hall–Kier alpha value is -2.23. The SMILES string of the molecule is CCCN(C(=O)c1ccn(C)c1C)c1ccc(O)cc1. The Kier molecular flexibility index (Phi) is 4.13. The van der Waals surface area contributed by atoms with Crippen molar-refractivity contribution >= 4 is 11.6 Å². The number of amides is 1. The molecule has 0 spiro atoms. The molecule has 20 heavy (non-hydrogen) atoms. The van der Waals surface area contributed by atoms with Crippen LogP contribution in [0.2, 0.25) is 0 Å². The van der Waals surface area contributed by atoms with E-state index in [1.54, 1.807) is 29.2 Å². The van der Waals surface area contributed by atoms with E-state index in [0.717, 1.165) is 17.8 Å². The number of hydrogen-bond donors (Lipinski definition) is 1. The normalized spacial score (nSPS) is 10.6. The zero-order valence-electron chi connectivity index (χ0n) is 12.1. The monoisotopic (exact) mass is 272 g/mol. The number of hydrogen-bond acceptors (Lipinski definition) is 2. The Bertz CT molecular complexity index is 599. The van der Waals surface area contributed by atoms with Crippen molar-refractivity contribution < 1.29 is 9.90 Å². The van der Waals surface area contributed by atoms with Crippen LogP contribution in [-0.4, -0.2) is 22.1 Å². The standard InChI is InChI=1S/C16H20N2O2/c1-4-10-18(13-5-7-14(19)8-6-13)16(20)15-9-11-17(3)12(15)2/h5-9,11,19H,4,10H2,1-3H3. The van der Waals surface area contributed by atoms with Gasteiger partial charge in [-0.15, -0.1) is 0 Å². The summed E-state index contributed by atoms with van der Waals surface area (Å²) in [6.07, 6.45) is 2.77. The maximum atomic E-state index is 12.7. The molecule has 0 radical (unpaired) electrons. The second kappa shape index (κ2) is 5.82. The maximum absolute atomic E-state index is 12.7. The van der Waals surface area contributed by atoms with Gasteiger partial charge in [0.1, 0.15) is 5.75 Å². The fourth-order valence-corrected chi connectivity index (χ4v) is 2.18. The molecule has 0 aliphatic rings. The number of phenolic OH excluding ortho intramolecular Hbond substituents is 1. The van der Waals surface area contributed by atoms with E-state index in [1.807, 2.05) is 37.7 Å². The smallest absolute Gasteiger partial charge is 0.260 e. The molecule has 4 nitrogen and oxygen atoms in total. The van der Waals surface area contributed by atoms with Crippen molar-refractivity contribution in [1.82, 2.24) is 4.57 Å². The molecule has 0 aliphatic carbocycles. The summed E-state index contributed by atoms with van der Waals surface area (Å²) in [6, 6.07) is 8.58. The van der Waals surface area contributed by atoms with Gasteiger partial charge < -0.3 is 14.6 Å². The van der Waals surface area contributed by atoms with Crippen molar-refractivity contribution in [3.05, 3.63) is 47.8 Å². The molecule has 0 saturated heterocycles. The van der Waals surface area contributed by atoms with Gasteiger partial charge in [0, 0.05) is 31.2 Å². The quantitative estimate of drug-likeness (QED) is 0.929. The average Bonchev–Trinajstić information content (AvgIpc) is 2.77. The number of phenols is 1. The van der Waals surface area contributed by atoms with Gasteiger partial charge >= 0.3 is 0 Å². The van der Waals surface area contributed by atoms with Crippen LogP contribution < -0.4 is 4.90 Å². The first-order valence-electron chi connectivity index (χ1n) is 6.77. The number of carbonyl (C=O) groups excluding carboxylic acids is 1. The van der Waals surface area contributed by atoms with E-state index < -0.39 is 0 Å². The molecular formula is C16H20N2O2. The van der Waals surface area contributed by atoms with Crippen molar-refractivity contribution in [1.29, 1.82) is 0 Å². The van der Waals surface area contributed by atoms with Crippen LogP contribution in [0.15, 0.2) is 36.5 Å². The van der Waals surface area contributed by atoms with Crippen molar-refractivity contribution in [2.45, 2.75) is 20.3 Å². The summed E-state index contributed by atoms with van der Waals surface area (Å²) in [6.45, 7) is 4.63. The number of aromatic nitrogens is 1. The lowest BCUT2D eigenvalue weighted by molar-refractivity contribution is 0.0986. The van der Waals surface area contributed by atoms with Gasteiger partial charge in [-0.3, -0.25) is 4.79 Å². The third-order valence-corrected chi connectivity index (χ3v) is 3.47. The average molecular weight is 272 g/mol. The lowest BCUT2D eigenvalue weighted by Gasteiger charge is -2.22. The second-order valence-electron chi connectivity index (χ2n) is 4.90. The van der Waals surface area contributed by atoms with E-state index in [1.165, 1.54) is 0 Å². The van der Waals surface area contributed by atoms with Crippen LogP contribution in [0.1, 0.15) is 29.4 Å². The van der Waals surface area contributed by atoms with Gasteiger partial charge in [-0.2, -0.15) is 0 Å². The summed E-state index contributed by atoms with van der Waals surface area (Å²) in [5.41, 5.74) is 2.47. The van der Waals surface area contributed by atoms with Crippen LogP contribution in [0.4, 0.5) is 5.69 Å². The van der Waals surface area contributed by atoms with Gasteiger partial charge in [0.05, 0.1) is 5.56 Å². The van der Waals surface area contributed by atoms with E-state index in [-0.39, 0.29) is 11.7 Å². The van der Waals surface area contributed by atoms with E-state index >= 15 is 0 Å². The number of benzene rings is 1. The third-order valence-electron chi connectivity index (χ3n) is 3.47. The molecule has 1 aromatic heterocycles. The number of carbonyl (C=O) groups is 1. The minimum atomic E-state index is -0.00404. The molecule has 0 aliphatic heterocycles. The van der Waals surface area contributed by atoms with E-state index in [2.05, 4.69) is 0 Å². The first kappa shape index (κ1) is 14.2. The van der Waals surface area contributed by atoms with Crippen molar-refractivity contribution in [2.24, 2.45) is 7.05 Å². The summed E-state index contributed by atoms with van der Waals surface area (Å²) in [7, 11) is 1.93. The Morgan fingerprint density at radius 2 is 1.90 bits per heavy atom. The predicted molar refractivity (Wildman–Crippen MR) is 80.2 cm³/mol. The molecule has 1 amide bonds. The fraction of sp³-hybridized carbons (Fsp3) is 0.312. The molecular weight excluding hydrogens is 252 g/mol. The van der Waals surface area contributed by atoms with Gasteiger partial charge in [0.25, 0.3) is 5.91 Å². The minimum absolute atomic E-state index is 0.00404. The van der Waals surface area contributed by atoms with Crippen molar-refractivity contribution in [3.63, 3.8) is 0 Å². The Morgan fingerprint density at radius 1 is 1.25 bits per heavy atom. The molecule has 2 rings (SSSR count). The maximum Gasteiger partial charge on any atom is 0.260 e. The van der Waals surface area contributed by atoms with Gasteiger partial charge in [0.15, 0.2) is 0 Å². The Morgan fingerprint density at radius 3 is 2.40 bits per heavy atom. The molecule has 2 aromatic rings. The summed E-state index contributed by atoms with van der Waals surface area (Å²) in [4.78, 5) is 14.5. The fourth-order valence-electron chi connectivity index (χ4n) is 2.18. The number of anilines is 1. The number of rotatable bonds is 4. The summed E-state index contributed by atoms with van der Waals surface area (Å²) >= 11 is 0. The molecule has 0 fully saturated rings. The highest BCUT2D eigenvalue weighted by Gasteiger charge is 2.20. The van der Waals surface area contributed by atoms with Crippen LogP contribution in [0.25, 0.3) is 0 Å². The summed E-state index contributed by atoms with van der Waals surface area (Å²) in [5, 5.41) is 9.36. The highest BCUT2D eigenvalue weighted by molar-refractivity contribution is 6.06.